The molecule has 1 aromatic heterocycles. The highest BCUT2D eigenvalue weighted by Gasteiger charge is 2.26. The number of carbonyl (C=O) groups excluding carboxylic acids is 1. The van der Waals surface area contributed by atoms with E-state index in [0.29, 0.717) is 0 Å². The number of carbonyl (C=O) groups is 1. The summed E-state index contributed by atoms with van der Waals surface area (Å²) in [5.41, 5.74) is -0.781. The standard InChI is InChI=1S/C14H14F2N2O5S/c1-6-8(11(19)10-7(2)17-18-13(10)20)4-5-9(24(3,21)22)12(6)23-14(15)16/h4-5,14H,1-3H3,(H2,17,18,20). The van der Waals surface area contributed by atoms with Crippen LogP contribution >= 0.6 is 0 Å². The second-order valence-electron chi connectivity index (χ2n) is 5.12. The third-order valence-electron chi connectivity index (χ3n) is 3.41. The number of aryl methyl sites for hydroxylation is 1. The van der Waals surface area contributed by atoms with Crippen LogP contribution in [0.5, 0.6) is 5.75 Å². The van der Waals surface area contributed by atoms with E-state index in [4.69, 9.17) is 0 Å². The summed E-state index contributed by atoms with van der Waals surface area (Å²) in [7, 11) is -3.86. The molecule has 0 fully saturated rings. The zero-order valence-corrected chi connectivity index (χ0v) is 13.8. The number of ketones is 1. The highest BCUT2D eigenvalue weighted by Crippen LogP contribution is 2.32. The van der Waals surface area contributed by atoms with Crippen LogP contribution in [0.15, 0.2) is 21.8 Å². The minimum absolute atomic E-state index is 0.0942. The molecule has 2 N–H and O–H groups in total. The van der Waals surface area contributed by atoms with Gasteiger partial charge in [0.05, 0.1) is 0 Å². The molecule has 0 amide bonds. The molecule has 7 nitrogen and oxygen atoms in total. The van der Waals surface area contributed by atoms with Gasteiger partial charge in [-0.1, -0.05) is 0 Å². The first-order valence-corrected chi connectivity index (χ1v) is 8.53. The molecule has 0 atom stereocenters. The first-order chi connectivity index (χ1) is 11.0. The van der Waals surface area contributed by atoms with E-state index >= 15 is 0 Å². The monoisotopic (exact) mass is 360 g/mol. The van der Waals surface area contributed by atoms with Crippen molar-refractivity contribution in [3.63, 3.8) is 0 Å². The Bertz CT molecular complexity index is 960. The van der Waals surface area contributed by atoms with E-state index in [2.05, 4.69) is 14.9 Å². The highest BCUT2D eigenvalue weighted by molar-refractivity contribution is 7.90. The lowest BCUT2D eigenvalue weighted by molar-refractivity contribution is -0.0522. The van der Waals surface area contributed by atoms with Crippen molar-refractivity contribution in [2.75, 3.05) is 6.26 Å². The average molecular weight is 360 g/mol. The lowest BCUT2D eigenvalue weighted by atomic mass is 9.99. The molecule has 130 valence electrons. The Morgan fingerprint density at radius 2 is 1.83 bits per heavy atom. The van der Waals surface area contributed by atoms with Crippen molar-refractivity contribution in [3.05, 3.63) is 44.9 Å². The van der Waals surface area contributed by atoms with Crippen LogP contribution in [0.25, 0.3) is 0 Å². The predicted molar refractivity (Wildman–Crippen MR) is 80.5 cm³/mol. The first kappa shape index (κ1) is 17.9. The second-order valence-corrected chi connectivity index (χ2v) is 7.11. The van der Waals surface area contributed by atoms with E-state index in [-0.39, 0.29) is 22.4 Å². The van der Waals surface area contributed by atoms with Gasteiger partial charge in [-0.2, -0.15) is 8.78 Å². The zero-order chi connectivity index (χ0) is 18.2. The zero-order valence-electron chi connectivity index (χ0n) is 12.9. The Hall–Kier alpha value is -2.49. The lowest BCUT2D eigenvalue weighted by Crippen LogP contribution is -2.17. The number of aromatic amines is 2. The molecule has 2 rings (SSSR count). The SMILES string of the molecule is Cc1[nH][nH]c(=O)c1C(=O)c1ccc(S(C)(=O)=O)c(OC(F)F)c1C. The smallest absolute Gasteiger partial charge is 0.387 e. The van der Waals surface area contributed by atoms with Gasteiger partial charge in [-0.25, -0.2) is 8.42 Å². The van der Waals surface area contributed by atoms with Gasteiger partial charge in [-0.3, -0.25) is 14.7 Å². The van der Waals surface area contributed by atoms with Gasteiger partial charge >= 0.3 is 6.61 Å². The van der Waals surface area contributed by atoms with Crippen LogP contribution in [0.3, 0.4) is 0 Å². The molecule has 0 aliphatic heterocycles. The molecule has 0 unspecified atom stereocenters. The van der Waals surface area contributed by atoms with Crippen molar-refractivity contribution >= 4 is 15.6 Å². The van der Waals surface area contributed by atoms with Crippen LogP contribution in [0.2, 0.25) is 0 Å². The maximum Gasteiger partial charge on any atom is 0.387 e. The molecule has 1 aromatic carbocycles. The van der Waals surface area contributed by atoms with Crippen LogP contribution in [-0.2, 0) is 9.84 Å². The van der Waals surface area contributed by atoms with Gasteiger partial charge in [-0.15, -0.1) is 0 Å². The highest BCUT2D eigenvalue weighted by atomic mass is 32.2. The van der Waals surface area contributed by atoms with Crippen molar-refractivity contribution in [1.82, 2.24) is 10.2 Å². The number of halogens is 2. The van der Waals surface area contributed by atoms with Crippen molar-refractivity contribution in [2.24, 2.45) is 0 Å². The molecule has 0 spiro atoms. The van der Waals surface area contributed by atoms with Crippen molar-refractivity contribution in [3.8, 4) is 5.75 Å². The number of rotatable bonds is 5. The summed E-state index contributed by atoms with van der Waals surface area (Å²) < 4.78 is 53.1. The van der Waals surface area contributed by atoms with Crippen molar-refractivity contribution < 1.29 is 26.7 Å². The average Bonchev–Trinajstić information content (AvgIpc) is 2.78. The lowest BCUT2D eigenvalue weighted by Gasteiger charge is -2.15. The molecule has 2 aromatic rings. The predicted octanol–water partition coefficient (Wildman–Crippen LogP) is 1.56. The number of ether oxygens (including phenoxy) is 1. The molecule has 24 heavy (non-hydrogen) atoms. The molecule has 0 aliphatic carbocycles. The molecule has 1 heterocycles. The molecule has 0 saturated heterocycles. The number of hydrogen-bond donors (Lipinski definition) is 2. The van der Waals surface area contributed by atoms with E-state index in [1.54, 1.807) is 0 Å². The summed E-state index contributed by atoms with van der Waals surface area (Å²) in [5.74, 6) is -1.34. The molecule has 0 bridgehead atoms. The molecular formula is C14H14F2N2O5S. The van der Waals surface area contributed by atoms with Crippen LogP contribution < -0.4 is 10.3 Å². The topological polar surface area (TPSA) is 109 Å². The van der Waals surface area contributed by atoms with Gasteiger partial charge in [-0.05, 0) is 26.0 Å². The van der Waals surface area contributed by atoms with E-state index in [0.717, 1.165) is 18.4 Å². The van der Waals surface area contributed by atoms with Gasteiger partial charge in [0.2, 0.25) is 5.78 Å². The van der Waals surface area contributed by atoms with Crippen LogP contribution in [0.4, 0.5) is 8.78 Å². The Balaban J connectivity index is 2.70. The minimum atomic E-state index is -3.86. The summed E-state index contributed by atoms with van der Waals surface area (Å²) in [4.78, 5) is 23.8. The number of H-pyrrole nitrogens is 2. The van der Waals surface area contributed by atoms with E-state index in [9.17, 15) is 26.8 Å². The van der Waals surface area contributed by atoms with Crippen molar-refractivity contribution in [2.45, 2.75) is 25.4 Å². The van der Waals surface area contributed by atoms with E-state index in [1.165, 1.54) is 13.8 Å². The summed E-state index contributed by atoms with van der Waals surface area (Å²) in [6.45, 7) is -0.510. The fourth-order valence-corrected chi connectivity index (χ4v) is 3.15. The number of alkyl halides is 2. The van der Waals surface area contributed by atoms with E-state index < -0.39 is 38.4 Å². The van der Waals surface area contributed by atoms with Gasteiger partial charge in [0.25, 0.3) is 5.56 Å². The second kappa shape index (κ2) is 6.19. The fraction of sp³-hybridized carbons (Fsp3) is 0.286. The van der Waals surface area contributed by atoms with Crippen molar-refractivity contribution in [1.29, 1.82) is 0 Å². The van der Waals surface area contributed by atoms with Crippen LogP contribution in [0, 0.1) is 13.8 Å². The Kier molecular flexibility index (Phi) is 4.61. The largest absolute Gasteiger partial charge is 0.433 e. The summed E-state index contributed by atoms with van der Waals surface area (Å²) >= 11 is 0. The maximum absolute atomic E-state index is 12.6. The summed E-state index contributed by atoms with van der Waals surface area (Å²) in [6, 6.07) is 2.17. The Morgan fingerprint density at radius 3 is 2.29 bits per heavy atom. The Morgan fingerprint density at radius 1 is 1.21 bits per heavy atom. The Labute approximate surface area is 135 Å². The number of sulfone groups is 1. The molecule has 0 aliphatic rings. The van der Waals surface area contributed by atoms with Gasteiger partial charge in [0.1, 0.15) is 16.2 Å². The third-order valence-corrected chi connectivity index (χ3v) is 4.53. The quantitative estimate of drug-likeness (QED) is 0.787. The van der Waals surface area contributed by atoms with Crippen LogP contribution in [-0.4, -0.2) is 37.3 Å². The third kappa shape index (κ3) is 3.23. The number of benzene rings is 1. The number of hydrogen-bond acceptors (Lipinski definition) is 5. The summed E-state index contributed by atoms with van der Waals surface area (Å²) in [5, 5.41) is 4.73. The number of aromatic nitrogens is 2. The van der Waals surface area contributed by atoms with Gasteiger partial charge in [0.15, 0.2) is 9.84 Å². The molecule has 10 heteroatoms. The van der Waals surface area contributed by atoms with Gasteiger partial charge in [0, 0.05) is 23.1 Å². The van der Waals surface area contributed by atoms with Crippen LogP contribution in [0.1, 0.15) is 27.2 Å². The van der Waals surface area contributed by atoms with Gasteiger partial charge < -0.3 is 9.84 Å². The molecule has 0 saturated carbocycles. The fourth-order valence-electron chi connectivity index (χ4n) is 2.29. The van der Waals surface area contributed by atoms with E-state index in [1.807, 2.05) is 0 Å². The molecular weight excluding hydrogens is 346 g/mol. The maximum atomic E-state index is 12.6. The minimum Gasteiger partial charge on any atom is -0.433 e. The summed E-state index contributed by atoms with van der Waals surface area (Å²) in [6.07, 6.45) is 0.836. The first-order valence-electron chi connectivity index (χ1n) is 6.64. The normalized spacial score (nSPS) is 11.8. The molecule has 0 radical (unpaired) electrons. The number of nitrogens with one attached hydrogen (secondary N) is 2.